The Balaban J connectivity index is 0.982. The van der Waals surface area contributed by atoms with Gasteiger partial charge in [-0.15, -0.1) is 0 Å². The van der Waals surface area contributed by atoms with Crippen molar-refractivity contribution in [2.75, 3.05) is 39.6 Å². The van der Waals surface area contributed by atoms with Crippen molar-refractivity contribution in [3.63, 3.8) is 0 Å². The van der Waals surface area contributed by atoms with Crippen molar-refractivity contribution in [2.24, 2.45) is 15.4 Å². The largest absolute Gasteiger partial charge is 0.494 e. The number of rotatable bonds is 2. The fraction of sp³-hybridized carbons (Fsp3) is 0.480. The quantitative estimate of drug-likeness (QED) is 0.201. The summed E-state index contributed by atoms with van der Waals surface area (Å²) >= 11 is 0. The van der Waals surface area contributed by atoms with Crippen LogP contribution in [0.25, 0.3) is 0 Å². The number of hydrogen-bond donors (Lipinski definition) is 0. The van der Waals surface area contributed by atoms with Gasteiger partial charge in [0.15, 0.2) is 11.8 Å². The topological polar surface area (TPSA) is 80.1 Å². The standard InChI is InChI=1S/C50H62N2O6/c1-5-50(6-2)47-51-41(35-57-47)33-37-13-21-43(22-14-37)53-29-9-7-11-31-55-45-25-17-39(18-26-45)49(3,4)40-19-27-46(28-20-40)56-32-12-8-10-30-54-44-23-15-38(16-24-44)34-42-36-58-48(50)52-42/h13-28,41-42H,5-12,29-36H2,1-4H3/t41-,42-/m0/s1. The lowest BCUT2D eigenvalue weighted by Crippen LogP contribution is -2.39. The molecule has 11 rings (SSSR count). The molecule has 58 heavy (non-hydrogen) atoms. The van der Waals surface area contributed by atoms with Crippen molar-refractivity contribution in [2.45, 2.75) is 109 Å². The zero-order chi connectivity index (χ0) is 40.2. The van der Waals surface area contributed by atoms with Gasteiger partial charge >= 0.3 is 0 Å². The second-order valence-corrected chi connectivity index (χ2v) is 16.5. The molecule has 4 aromatic rings. The van der Waals surface area contributed by atoms with Crippen molar-refractivity contribution in [1.29, 1.82) is 0 Å². The van der Waals surface area contributed by atoms with Crippen LogP contribution < -0.4 is 18.9 Å². The predicted molar refractivity (Wildman–Crippen MR) is 232 cm³/mol. The molecule has 7 aliphatic rings. The molecule has 0 unspecified atom stereocenters. The minimum Gasteiger partial charge on any atom is -0.494 e. The van der Waals surface area contributed by atoms with E-state index in [9.17, 15) is 0 Å². The van der Waals surface area contributed by atoms with E-state index in [-0.39, 0.29) is 17.5 Å². The van der Waals surface area contributed by atoms with Gasteiger partial charge in [0.2, 0.25) is 0 Å². The van der Waals surface area contributed by atoms with E-state index in [1.165, 1.54) is 22.3 Å². The lowest BCUT2D eigenvalue weighted by molar-refractivity contribution is 0.244. The van der Waals surface area contributed by atoms with Crippen molar-refractivity contribution >= 4 is 11.8 Å². The monoisotopic (exact) mass is 786 g/mol. The first-order chi connectivity index (χ1) is 28.3. The van der Waals surface area contributed by atoms with E-state index in [0.29, 0.717) is 39.6 Å². The maximum absolute atomic E-state index is 6.33. The number of fused-ring (bicyclic) bond motifs is 4. The minimum atomic E-state index is -0.446. The van der Waals surface area contributed by atoms with Gasteiger partial charge in [0.25, 0.3) is 0 Å². The Morgan fingerprint density at radius 1 is 0.448 bits per heavy atom. The Labute approximate surface area is 346 Å². The number of ether oxygens (including phenoxy) is 6. The fourth-order valence-corrected chi connectivity index (χ4v) is 8.12. The van der Waals surface area contributed by atoms with Crippen LogP contribution in [-0.4, -0.2) is 63.5 Å². The van der Waals surface area contributed by atoms with Crippen LogP contribution >= 0.6 is 0 Å². The van der Waals surface area contributed by atoms with Crippen LogP contribution in [0.15, 0.2) is 107 Å². The van der Waals surface area contributed by atoms with Crippen molar-refractivity contribution in [3.8, 4) is 23.0 Å². The molecule has 7 aliphatic heterocycles. The van der Waals surface area contributed by atoms with Gasteiger partial charge in [-0.2, -0.15) is 0 Å². The van der Waals surface area contributed by atoms with Crippen LogP contribution in [0.4, 0.5) is 0 Å². The smallest absolute Gasteiger partial charge is 0.199 e. The first-order valence-corrected chi connectivity index (χ1v) is 21.7. The SMILES string of the molecule is CCC1(CC)C2=N[C@H](CO2)Cc2ccc(cc2)OCCCCCOc2ccc(cc2)C(C)(C)c2ccc(cc2)OCCCCCOc2ccc(cc2)C[C@H]2COC1=N2. The summed E-state index contributed by atoms with van der Waals surface area (Å²) in [6.07, 6.45) is 9.27. The predicted octanol–water partition coefficient (Wildman–Crippen LogP) is 10.8. The van der Waals surface area contributed by atoms with Crippen LogP contribution in [0.3, 0.4) is 0 Å². The van der Waals surface area contributed by atoms with Gasteiger partial charge in [0.1, 0.15) is 41.6 Å². The van der Waals surface area contributed by atoms with Crippen LogP contribution in [-0.2, 0) is 27.7 Å². The first kappa shape index (κ1) is 41.2. The molecule has 8 nitrogen and oxygen atoms in total. The van der Waals surface area contributed by atoms with E-state index >= 15 is 0 Å². The molecule has 0 spiro atoms. The van der Waals surface area contributed by atoms with Gasteiger partial charge in [0.05, 0.1) is 38.5 Å². The Kier molecular flexibility index (Phi) is 14.0. The summed E-state index contributed by atoms with van der Waals surface area (Å²) < 4.78 is 37.0. The zero-order valence-corrected chi connectivity index (χ0v) is 35.0. The van der Waals surface area contributed by atoms with E-state index in [1.807, 2.05) is 0 Å². The Morgan fingerprint density at radius 3 is 1.10 bits per heavy atom. The highest BCUT2D eigenvalue weighted by Gasteiger charge is 2.46. The molecule has 0 fully saturated rings. The molecule has 0 saturated heterocycles. The number of hydrogen-bond acceptors (Lipinski definition) is 8. The zero-order valence-electron chi connectivity index (χ0n) is 35.0. The number of benzene rings is 4. The molecule has 2 atom stereocenters. The summed E-state index contributed by atoms with van der Waals surface area (Å²) in [7, 11) is 0. The molecular formula is C50H62N2O6. The summed E-state index contributed by atoms with van der Waals surface area (Å²) in [5, 5.41) is 0. The van der Waals surface area contributed by atoms with Gasteiger partial charge in [0, 0.05) is 5.41 Å². The third-order valence-electron chi connectivity index (χ3n) is 12.0. The molecule has 0 radical (unpaired) electrons. The summed E-state index contributed by atoms with van der Waals surface area (Å²) in [5.74, 6) is 5.13. The lowest BCUT2D eigenvalue weighted by atomic mass is 9.78. The van der Waals surface area contributed by atoms with E-state index < -0.39 is 5.41 Å². The van der Waals surface area contributed by atoms with Gasteiger partial charge < -0.3 is 28.4 Å². The highest BCUT2D eigenvalue weighted by Crippen LogP contribution is 2.37. The third-order valence-corrected chi connectivity index (χ3v) is 12.0. The van der Waals surface area contributed by atoms with E-state index in [4.69, 9.17) is 38.4 Å². The van der Waals surface area contributed by atoms with Gasteiger partial charge in [-0.05, 0) is 135 Å². The number of aliphatic imine (C=N–C) groups is 2. The average Bonchev–Trinajstić information content (AvgIpc) is 3.93. The summed E-state index contributed by atoms with van der Waals surface area (Å²) in [4.78, 5) is 10.3. The Morgan fingerprint density at radius 2 is 0.776 bits per heavy atom. The molecular weight excluding hydrogens is 725 g/mol. The average molecular weight is 787 g/mol. The summed E-state index contributed by atoms with van der Waals surface area (Å²) in [5.41, 5.74) is 4.35. The molecule has 0 N–H and O–H groups in total. The third kappa shape index (κ3) is 10.4. The van der Waals surface area contributed by atoms with Crippen LogP contribution in [0.1, 0.15) is 101 Å². The van der Waals surface area contributed by atoms with Crippen molar-refractivity contribution in [1.82, 2.24) is 0 Å². The maximum Gasteiger partial charge on any atom is 0.199 e. The maximum atomic E-state index is 6.33. The Hall–Kier alpha value is -4.98. The summed E-state index contributed by atoms with van der Waals surface area (Å²) in [6, 6.07) is 34.0. The Bertz CT molecular complexity index is 1800. The molecule has 0 aliphatic carbocycles. The first-order valence-electron chi connectivity index (χ1n) is 21.7. The molecule has 0 saturated carbocycles. The summed E-state index contributed by atoms with van der Waals surface area (Å²) in [6.45, 7) is 12.8. The molecule has 308 valence electrons. The van der Waals surface area contributed by atoms with Gasteiger partial charge in [-0.3, -0.25) is 0 Å². The molecule has 12 bridgehead atoms. The fourth-order valence-electron chi connectivity index (χ4n) is 8.12. The van der Waals surface area contributed by atoms with Crippen molar-refractivity contribution < 1.29 is 28.4 Å². The lowest BCUT2D eigenvalue weighted by Gasteiger charge is -2.29. The highest BCUT2D eigenvalue weighted by atomic mass is 16.5. The highest BCUT2D eigenvalue weighted by molar-refractivity contribution is 6.06. The van der Waals surface area contributed by atoms with Crippen molar-refractivity contribution in [3.05, 3.63) is 119 Å². The van der Waals surface area contributed by atoms with Gasteiger partial charge in [-0.1, -0.05) is 76.2 Å². The molecule has 0 amide bonds. The van der Waals surface area contributed by atoms with Crippen LogP contribution in [0.2, 0.25) is 0 Å². The minimum absolute atomic E-state index is 0.0572. The van der Waals surface area contributed by atoms with E-state index in [1.54, 1.807) is 0 Å². The van der Waals surface area contributed by atoms with E-state index in [2.05, 4.69) is 125 Å². The van der Waals surface area contributed by atoms with Gasteiger partial charge in [-0.25, -0.2) is 9.98 Å². The van der Waals surface area contributed by atoms with Crippen LogP contribution in [0.5, 0.6) is 23.0 Å². The molecule has 8 heteroatoms. The normalized spacial score (nSPS) is 21.6. The molecule has 0 aromatic heterocycles. The van der Waals surface area contributed by atoms with Crippen LogP contribution in [0, 0.1) is 5.41 Å². The molecule has 7 heterocycles. The second kappa shape index (κ2) is 19.6. The molecule has 4 aromatic carbocycles. The van der Waals surface area contributed by atoms with E-state index in [0.717, 1.165) is 99.0 Å². The number of nitrogens with zero attached hydrogens (tertiary/aromatic N) is 2. The second-order valence-electron chi connectivity index (χ2n) is 16.5.